The molecule has 0 amide bonds. The van der Waals surface area contributed by atoms with E-state index in [4.69, 9.17) is 10.5 Å². The summed E-state index contributed by atoms with van der Waals surface area (Å²) in [6.45, 7) is 4.82. The largest absolute Gasteiger partial charge is 0.378 e. The molecular weight excluding hydrogens is 326 g/mol. The van der Waals surface area contributed by atoms with Gasteiger partial charge in [-0.2, -0.15) is 4.98 Å². The molecule has 2 aromatic heterocycles. The fourth-order valence-corrected chi connectivity index (χ4v) is 2.53. The van der Waals surface area contributed by atoms with E-state index in [9.17, 15) is 10.1 Å². The molecule has 1 aliphatic heterocycles. The predicted molar refractivity (Wildman–Crippen MR) is 92.3 cm³/mol. The van der Waals surface area contributed by atoms with E-state index in [1.165, 1.54) is 0 Å². The van der Waals surface area contributed by atoms with Crippen LogP contribution in [0.3, 0.4) is 0 Å². The number of nitro groups is 1. The first kappa shape index (κ1) is 16.8. The number of aromatic nitrogens is 3. The van der Waals surface area contributed by atoms with Gasteiger partial charge in [-0.3, -0.25) is 10.1 Å². The van der Waals surface area contributed by atoms with Gasteiger partial charge < -0.3 is 20.7 Å². The molecule has 0 aromatic carbocycles. The van der Waals surface area contributed by atoms with Gasteiger partial charge in [-0.05, 0) is 18.6 Å². The number of pyridine rings is 1. The Morgan fingerprint density at radius 2 is 2.28 bits per heavy atom. The highest BCUT2D eigenvalue weighted by atomic mass is 16.6. The maximum absolute atomic E-state index is 10.7. The molecule has 3 rings (SSSR count). The van der Waals surface area contributed by atoms with Crippen LogP contribution in [0, 0.1) is 10.1 Å². The molecule has 25 heavy (non-hydrogen) atoms. The van der Waals surface area contributed by atoms with Crippen LogP contribution >= 0.6 is 0 Å². The average molecular weight is 345 g/mol. The Balaban J connectivity index is 1.60. The van der Waals surface area contributed by atoms with E-state index in [0.717, 1.165) is 30.7 Å². The molecule has 1 fully saturated rings. The van der Waals surface area contributed by atoms with Crippen molar-refractivity contribution >= 4 is 23.3 Å². The number of nitrogen functional groups attached to an aromatic ring is 1. The Hall–Kier alpha value is -3.01. The van der Waals surface area contributed by atoms with Crippen molar-refractivity contribution in [2.75, 3.05) is 35.6 Å². The summed E-state index contributed by atoms with van der Waals surface area (Å²) >= 11 is 0. The van der Waals surface area contributed by atoms with Gasteiger partial charge in [-0.25, -0.2) is 9.97 Å². The first-order valence-corrected chi connectivity index (χ1v) is 7.85. The molecule has 1 unspecified atom stereocenters. The van der Waals surface area contributed by atoms with Gasteiger partial charge in [0.05, 0.1) is 17.6 Å². The minimum Gasteiger partial charge on any atom is -0.378 e. The van der Waals surface area contributed by atoms with E-state index in [1.54, 1.807) is 6.20 Å². The summed E-state index contributed by atoms with van der Waals surface area (Å²) in [6, 6.07) is 3.92. The molecule has 0 radical (unpaired) electrons. The lowest BCUT2D eigenvalue weighted by Crippen LogP contribution is -2.41. The van der Waals surface area contributed by atoms with Crippen molar-refractivity contribution < 1.29 is 9.66 Å². The minimum absolute atomic E-state index is 0.169. The summed E-state index contributed by atoms with van der Waals surface area (Å²) in [5.41, 5.74) is 6.17. The van der Waals surface area contributed by atoms with Crippen LogP contribution in [0.2, 0.25) is 0 Å². The molecule has 10 heteroatoms. The van der Waals surface area contributed by atoms with Gasteiger partial charge in [0.15, 0.2) is 0 Å². The summed E-state index contributed by atoms with van der Waals surface area (Å²) in [5, 5.41) is 13.7. The Morgan fingerprint density at radius 1 is 1.44 bits per heavy atom. The molecule has 3 N–H and O–H groups in total. The van der Waals surface area contributed by atoms with Crippen molar-refractivity contribution in [1.82, 2.24) is 15.0 Å². The number of hydrogen-bond donors (Lipinski definition) is 2. The second-order valence-electron chi connectivity index (χ2n) is 5.73. The zero-order valence-electron chi connectivity index (χ0n) is 13.8. The van der Waals surface area contributed by atoms with Crippen molar-refractivity contribution in [2.45, 2.75) is 19.6 Å². The fraction of sp³-hybridized carbons (Fsp3) is 0.400. The molecule has 2 aromatic rings. The summed E-state index contributed by atoms with van der Waals surface area (Å²) < 4.78 is 5.53. The van der Waals surface area contributed by atoms with Crippen LogP contribution in [0.4, 0.5) is 23.3 Å². The molecule has 1 atom stereocenters. The zero-order valence-corrected chi connectivity index (χ0v) is 13.8. The zero-order chi connectivity index (χ0) is 17.8. The lowest BCUT2D eigenvalue weighted by Gasteiger charge is -2.32. The van der Waals surface area contributed by atoms with Gasteiger partial charge in [0.1, 0.15) is 12.0 Å². The van der Waals surface area contributed by atoms with Gasteiger partial charge in [0, 0.05) is 25.8 Å². The predicted octanol–water partition coefficient (Wildman–Crippen LogP) is 1.20. The molecule has 10 nitrogen and oxygen atoms in total. The normalized spacial score (nSPS) is 17.3. The van der Waals surface area contributed by atoms with E-state index in [-0.39, 0.29) is 23.6 Å². The van der Waals surface area contributed by atoms with Crippen LogP contribution in [0.1, 0.15) is 12.5 Å². The van der Waals surface area contributed by atoms with Gasteiger partial charge in [-0.1, -0.05) is 6.07 Å². The number of hydrogen-bond acceptors (Lipinski definition) is 9. The number of morpholine rings is 1. The summed E-state index contributed by atoms with van der Waals surface area (Å²) in [6.07, 6.45) is 3.06. The number of rotatable bonds is 5. The highest BCUT2D eigenvalue weighted by Gasteiger charge is 2.18. The van der Waals surface area contributed by atoms with Gasteiger partial charge in [0.2, 0.25) is 11.8 Å². The summed E-state index contributed by atoms with van der Waals surface area (Å²) in [4.78, 5) is 24.5. The molecule has 132 valence electrons. The van der Waals surface area contributed by atoms with Crippen molar-refractivity contribution in [2.24, 2.45) is 0 Å². The van der Waals surface area contributed by atoms with Gasteiger partial charge in [-0.15, -0.1) is 0 Å². The van der Waals surface area contributed by atoms with Crippen molar-refractivity contribution in [3.05, 3.63) is 40.2 Å². The first-order chi connectivity index (χ1) is 12.0. The van der Waals surface area contributed by atoms with Crippen molar-refractivity contribution in [3.63, 3.8) is 0 Å². The highest BCUT2D eigenvalue weighted by Crippen LogP contribution is 2.19. The van der Waals surface area contributed by atoms with E-state index in [1.807, 2.05) is 19.1 Å². The van der Waals surface area contributed by atoms with E-state index in [0.29, 0.717) is 13.2 Å². The number of nitrogens with two attached hydrogens (primary N) is 1. The third-order valence-electron chi connectivity index (χ3n) is 3.82. The number of nitrogens with zero attached hydrogens (tertiary/aromatic N) is 5. The molecule has 0 aliphatic carbocycles. The Kier molecular flexibility index (Phi) is 4.89. The lowest BCUT2D eigenvalue weighted by molar-refractivity contribution is -0.384. The Morgan fingerprint density at radius 3 is 2.92 bits per heavy atom. The third-order valence-corrected chi connectivity index (χ3v) is 3.82. The van der Waals surface area contributed by atoms with Crippen molar-refractivity contribution in [1.29, 1.82) is 0 Å². The summed E-state index contributed by atoms with van der Waals surface area (Å²) in [7, 11) is 0. The van der Waals surface area contributed by atoms with Crippen LogP contribution in [-0.2, 0) is 11.3 Å². The van der Waals surface area contributed by atoms with Crippen molar-refractivity contribution in [3.8, 4) is 0 Å². The van der Waals surface area contributed by atoms with E-state index in [2.05, 4.69) is 25.2 Å². The SMILES string of the molecule is CC1CN(c2ccc(CNc3ncc([N+](=O)[O-])c(N)n3)cn2)CCO1. The monoisotopic (exact) mass is 345 g/mol. The first-order valence-electron chi connectivity index (χ1n) is 7.85. The second kappa shape index (κ2) is 7.26. The van der Waals surface area contributed by atoms with E-state index < -0.39 is 4.92 Å². The third kappa shape index (κ3) is 4.10. The van der Waals surface area contributed by atoms with E-state index >= 15 is 0 Å². The average Bonchev–Trinajstić information content (AvgIpc) is 2.60. The molecule has 0 bridgehead atoms. The number of nitrogens with one attached hydrogen (secondary N) is 1. The van der Waals surface area contributed by atoms with Crippen LogP contribution in [0.5, 0.6) is 0 Å². The number of anilines is 3. The van der Waals surface area contributed by atoms with Crippen LogP contribution in [0.25, 0.3) is 0 Å². The summed E-state index contributed by atoms with van der Waals surface area (Å²) in [5.74, 6) is 0.973. The smallest absolute Gasteiger partial charge is 0.329 e. The molecule has 0 saturated carbocycles. The molecule has 0 spiro atoms. The minimum atomic E-state index is -0.617. The second-order valence-corrected chi connectivity index (χ2v) is 5.73. The van der Waals surface area contributed by atoms with Gasteiger partial charge >= 0.3 is 5.69 Å². The topological polar surface area (TPSA) is 132 Å². The molecular formula is C15H19N7O3. The molecule has 1 aliphatic rings. The van der Waals surface area contributed by atoms with Crippen LogP contribution < -0.4 is 16.0 Å². The maximum atomic E-state index is 10.7. The fourth-order valence-electron chi connectivity index (χ4n) is 2.53. The Labute approximate surface area is 144 Å². The highest BCUT2D eigenvalue weighted by molar-refractivity contribution is 5.53. The van der Waals surface area contributed by atoms with Crippen LogP contribution in [-0.4, -0.2) is 45.7 Å². The van der Waals surface area contributed by atoms with Gasteiger partial charge in [0.25, 0.3) is 0 Å². The van der Waals surface area contributed by atoms with Crippen LogP contribution in [0.15, 0.2) is 24.5 Å². The number of ether oxygens (including phenoxy) is 1. The lowest BCUT2D eigenvalue weighted by atomic mass is 10.2. The maximum Gasteiger partial charge on any atom is 0.329 e. The quantitative estimate of drug-likeness (QED) is 0.605. The standard InChI is InChI=1S/C15H19N7O3/c1-10-9-21(4-5-25-10)13-3-2-11(6-17-13)7-18-15-19-8-12(22(23)24)14(16)20-15/h2-3,6,8,10H,4-5,7,9H2,1H3,(H3,16,18,19,20). The molecule has 3 heterocycles. The molecule has 1 saturated heterocycles. The Bertz CT molecular complexity index is 753.